The number of aliphatic hydroxyl groups excluding tert-OH is 1. The number of aliphatic hydroxyl groups is 1. The van der Waals surface area contributed by atoms with Gasteiger partial charge in [-0.05, 0) is 59.8 Å². The van der Waals surface area contributed by atoms with Gasteiger partial charge in [0.05, 0.1) is 19.8 Å². The third kappa shape index (κ3) is 3.73. The second-order valence-corrected chi connectivity index (χ2v) is 8.27. The summed E-state index contributed by atoms with van der Waals surface area (Å²) in [6, 6.07) is 9.69. The van der Waals surface area contributed by atoms with Crippen LogP contribution in [0.3, 0.4) is 0 Å². The summed E-state index contributed by atoms with van der Waals surface area (Å²) < 4.78 is 10.6. The molecule has 8 heteroatoms. The molecule has 1 fully saturated rings. The van der Waals surface area contributed by atoms with Crippen LogP contribution in [0.2, 0.25) is 0 Å². The number of aromatic nitrogens is 1. The fourth-order valence-electron chi connectivity index (χ4n) is 3.80. The standard InChI is InChI=1S/C24H22N2O5S/c1-14-8-11-32-23(14)20-19(21(27)16-4-5-17(30-2)18(12-16)31-3)22(28)24(29)26(20)13-15-6-9-25-10-7-15/h4-12,20,27H,13H2,1-3H3/b21-19-. The predicted molar refractivity (Wildman–Crippen MR) is 121 cm³/mol. The van der Waals surface area contributed by atoms with Gasteiger partial charge in [0.25, 0.3) is 11.7 Å². The van der Waals surface area contributed by atoms with Crippen LogP contribution in [0.4, 0.5) is 0 Å². The van der Waals surface area contributed by atoms with Crippen molar-refractivity contribution in [2.24, 2.45) is 0 Å². The summed E-state index contributed by atoms with van der Waals surface area (Å²) in [6.45, 7) is 2.15. The number of pyridine rings is 1. The number of aryl methyl sites for hydroxylation is 1. The number of nitrogens with zero attached hydrogens (tertiary/aromatic N) is 2. The molecule has 3 heterocycles. The zero-order valence-corrected chi connectivity index (χ0v) is 18.7. The van der Waals surface area contributed by atoms with Gasteiger partial charge < -0.3 is 19.5 Å². The maximum absolute atomic E-state index is 13.1. The molecular weight excluding hydrogens is 428 g/mol. The molecule has 0 saturated carbocycles. The van der Waals surface area contributed by atoms with E-state index < -0.39 is 17.7 Å². The summed E-state index contributed by atoms with van der Waals surface area (Å²) in [5, 5.41) is 13.1. The van der Waals surface area contributed by atoms with Crippen molar-refractivity contribution in [3.05, 3.63) is 81.3 Å². The first-order valence-electron chi connectivity index (χ1n) is 9.90. The molecule has 1 atom stereocenters. The molecule has 164 valence electrons. The molecule has 3 aromatic rings. The Bertz CT molecular complexity index is 1200. The average molecular weight is 451 g/mol. The summed E-state index contributed by atoms with van der Waals surface area (Å²) in [6.07, 6.45) is 3.28. The average Bonchev–Trinajstić information content (AvgIpc) is 3.34. The molecule has 0 bridgehead atoms. The van der Waals surface area contributed by atoms with Crippen LogP contribution in [0.15, 0.2) is 59.7 Å². The lowest BCUT2D eigenvalue weighted by atomic mass is 9.98. The van der Waals surface area contributed by atoms with Crippen molar-refractivity contribution < 1.29 is 24.2 Å². The zero-order valence-electron chi connectivity index (χ0n) is 17.9. The van der Waals surface area contributed by atoms with Crippen molar-refractivity contribution in [1.29, 1.82) is 0 Å². The maximum atomic E-state index is 13.1. The molecule has 1 aliphatic heterocycles. The Morgan fingerprint density at radius 2 is 1.81 bits per heavy atom. The molecule has 32 heavy (non-hydrogen) atoms. The fraction of sp³-hybridized carbons (Fsp3) is 0.208. The Kier molecular flexibility index (Phi) is 5.96. The van der Waals surface area contributed by atoms with Crippen LogP contribution in [0, 0.1) is 6.92 Å². The van der Waals surface area contributed by atoms with E-state index in [9.17, 15) is 14.7 Å². The smallest absolute Gasteiger partial charge is 0.295 e. The minimum absolute atomic E-state index is 0.0572. The summed E-state index contributed by atoms with van der Waals surface area (Å²) in [5.74, 6) is -0.718. The van der Waals surface area contributed by atoms with Gasteiger partial charge in [0, 0.05) is 29.4 Å². The lowest BCUT2D eigenvalue weighted by molar-refractivity contribution is -0.140. The van der Waals surface area contributed by atoms with Gasteiger partial charge >= 0.3 is 0 Å². The molecule has 1 unspecified atom stereocenters. The van der Waals surface area contributed by atoms with Crippen LogP contribution < -0.4 is 9.47 Å². The minimum Gasteiger partial charge on any atom is -0.507 e. The van der Waals surface area contributed by atoms with E-state index in [1.54, 1.807) is 42.7 Å². The predicted octanol–water partition coefficient (Wildman–Crippen LogP) is 4.09. The lowest BCUT2D eigenvalue weighted by Crippen LogP contribution is -2.29. The second-order valence-electron chi connectivity index (χ2n) is 7.32. The van der Waals surface area contributed by atoms with Gasteiger partial charge in [-0.15, -0.1) is 11.3 Å². The van der Waals surface area contributed by atoms with E-state index in [0.29, 0.717) is 17.1 Å². The minimum atomic E-state index is -0.718. The van der Waals surface area contributed by atoms with E-state index in [4.69, 9.17) is 9.47 Å². The van der Waals surface area contributed by atoms with E-state index >= 15 is 0 Å². The second kappa shape index (κ2) is 8.84. The Morgan fingerprint density at radius 1 is 1.09 bits per heavy atom. The molecule has 1 aromatic carbocycles. The van der Waals surface area contributed by atoms with E-state index in [0.717, 1.165) is 16.0 Å². The summed E-state index contributed by atoms with van der Waals surface area (Å²) in [4.78, 5) is 32.6. The fourth-order valence-corrected chi connectivity index (χ4v) is 4.85. The molecule has 0 aliphatic carbocycles. The van der Waals surface area contributed by atoms with Crippen molar-refractivity contribution in [2.45, 2.75) is 19.5 Å². The Labute approximate surface area is 189 Å². The molecule has 2 aromatic heterocycles. The first-order valence-corrected chi connectivity index (χ1v) is 10.8. The third-order valence-electron chi connectivity index (χ3n) is 5.45. The summed E-state index contributed by atoms with van der Waals surface area (Å²) in [5.41, 5.74) is 2.21. The van der Waals surface area contributed by atoms with Gasteiger partial charge in [-0.1, -0.05) is 0 Å². The Morgan fingerprint density at radius 3 is 2.44 bits per heavy atom. The lowest BCUT2D eigenvalue weighted by Gasteiger charge is -2.25. The first kappa shape index (κ1) is 21.6. The normalized spacial score (nSPS) is 17.6. The number of ether oxygens (including phenoxy) is 2. The van der Waals surface area contributed by atoms with Crippen LogP contribution in [0.5, 0.6) is 11.5 Å². The van der Waals surface area contributed by atoms with E-state index in [2.05, 4.69) is 4.98 Å². The zero-order chi connectivity index (χ0) is 22.8. The highest BCUT2D eigenvalue weighted by molar-refractivity contribution is 7.10. The Balaban J connectivity index is 1.86. The van der Waals surface area contributed by atoms with Crippen molar-refractivity contribution in [3.8, 4) is 11.5 Å². The van der Waals surface area contributed by atoms with E-state index in [1.165, 1.54) is 30.5 Å². The topological polar surface area (TPSA) is 89.0 Å². The monoisotopic (exact) mass is 450 g/mol. The number of hydrogen-bond acceptors (Lipinski definition) is 7. The van der Waals surface area contributed by atoms with Gasteiger partial charge in [-0.3, -0.25) is 14.6 Å². The highest BCUT2D eigenvalue weighted by atomic mass is 32.1. The number of hydrogen-bond donors (Lipinski definition) is 1. The highest BCUT2D eigenvalue weighted by Gasteiger charge is 2.47. The maximum Gasteiger partial charge on any atom is 0.295 e. The molecule has 7 nitrogen and oxygen atoms in total. The molecule has 4 rings (SSSR count). The largest absolute Gasteiger partial charge is 0.507 e. The van der Waals surface area contributed by atoms with Crippen molar-refractivity contribution in [3.63, 3.8) is 0 Å². The number of likely N-dealkylation sites (tertiary alicyclic amines) is 1. The van der Waals surface area contributed by atoms with Crippen LogP contribution in [0.1, 0.15) is 27.6 Å². The van der Waals surface area contributed by atoms with Gasteiger partial charge in [-0.25, -0.2) is 0 Å². The SMILES string of the molecule is COc1ccc(/C(O)=C2/C(=O)C(=O)N(Cc3ccncc3)C2c2sccc2C)cc1OC. The number of ketones is 1. The molecule has 1 saturated heterocycles. The van der Waals surface area contributed by atoms with Crippen LogP contribution >= 0.6 is 11.3 Å². The number of rotatable bonds is 6. The van der Waals surface area contributed by atoms with Crippen LogP contribution in [0.25, 0.3) is 5.76 Å². The number of methoxy groups -OCH3 is 2. The molecule has 1 amide bonds. The number of benzene rings is 1. The number of carbonyl (C=O) groups excluding carboxylic acids is 2. The van der Waals surface area contributed by atoms with E-state index in [-0.39, 0.29) is 17.9 Å². The highest BCUT2D eigenvalue weighted by Crippen LogP contribution is 2.44. The van der Waals surface area contributed by atoms with Crippen molar-refractivity contribution in [1.82, 2.24) is 9.88 Å². The number of thiophene rings is 1. The summed E-state index contributed by atoms with van der Waals surface area (Å²) in [7, 11) is 3.01. The molecular formula is C24H22N2O5S. The number of Topliss-reactive ketones (excluding diaryl/α,β-unsaturated/α-hetero) is 1. The van der Waals surface area contributed by atoms with Crippen LogP contribution in [-0.2, 0) is 16.1 Å². The Hall–Kier alpha value is -3.65. The van der Waals surface area contributed by atoms with Gasteiger partial charge in [0.15, 0.2) is 11.5 Å². The van der Waals surface area contributed by atoms with Gasteiger partial charge in [0.1, 0.15) is 11.8 Å². The molecule has 1 N–H and O–H groups in total. The van der Waals surface area contributed by atoms with Gasteiger partial charge in [0.2, 0.25) is 0 Å². The molecule has 0 radical (unpaired) electrons. The third-order valence-corrected chi connectivity index (χ3v) is 6.52. The van der Waals surface area contributed by atoms with Crippen molar-refractivity contribution in [2.75, 3.05) is 14.2 Å². The van der Waals surface area contributed by atoms with E-state index in [1.807, 2.05) is 18.4 Å². The first-order chi connectivity index (χ1) is 15.5. The van der Waals surface area contributed by atoms with Crippen LogP contribution in [-0.4, -0.2) is 40.9 Å². The number of carbonyl (C=O) groups is 2. The molecule has 1 aliphatic rings. The van der Waals surface area contributed by atoms with Crippen molar-refractivity contribution >= 4 is 28.8 Å². The summed E-state index contributed by atoms with van der Waals surface area (Å²) >= 11 is 1.45. The van der Waals surface area contributed by atoms with Gasteiger partial charge in [-0.2, -0.15) is 0 Å². The molecule has 0 spiro atoms. The quantitative estimate of drug-likeness (QED) is 0.346. The number of amides is 1.